The second-order valence-corrected chi connectivity index (χ2v) is 17.8. The van der Waals surface area contributed by atoms with E-state index in [1.165, 1.54) is 22.5 Å². The van der Waals surface area contributed by atoms with Gasteiger partial charge in [0.05, 0.1) is 13.7 Å². The average molecular weight is 832 g/mol. The number of rotatable bonds is 5. The molecular formula is C44H36IrN2OSi-2. The van der Waals surface area contributed by atoms with Crippen LogP contribution in [0.2, 0.25) is 19.6 Å². The fraction of sp³-hybridized carbons (Fsp3) is 0.0909. The van der Waals surface area contributed by atoms with E-state index in [-0.39, 0.29) is 25.7 Å². The standard InChI is InChI=1S/C30H20NO.C14H16NSi.Ir/c1-20-10-17-28(31-19-20)27-9-5-8-26-25-16-15-24(18-29(25)32-30(26)27)23-13-11-22(12-14-23)21-6-3-2-4-7-21;1-16(2,3)13-9-10-14(15-11-13)12-7-5-4-6-8-12;/h2-8,10-19H,1H3;4-7,9-11H,1-3H3;/q2*-1;/i1D3;;. The van der Waals surface area contributed by atoms with E-state index >= 15 is 0 Å². The van der Waals surface area contributed by atoms with Gasteiger partial charge < -0.3 is 14.4 Å². The maximum atomic E-state index is 7.57. The molecule has 0 atom stereocenters. The molecule has 0 aliphatic carbocycles. The number of pyridine rings is 2. The number of hydrogen-bond donors (Lipinski definition) is 0. The van der Waals surface area contributed by atoms with Gasteiger partial charge in [0.15, 0.2) is 0 Å². The molecule has 8 aromatic rings. The van der Waals surface area contributed by atoms with Crippen molar-refractivity contribution < 1.29 is 28.6 Å². The fourth-order valence-electron chi connectivity index (χ4n) is 5.69. The van der Waals surface area contributed by atoms with Gasteiger partial charge in [0, 0.05) is 42.0 Å². The molecule has 8 rings (SSSR count). The molecule has 0 amide bonds. The van der Waals surface area contributed by atoms with Crippen LogP contribution in [0.15, 0.2) is 150 Å². The van der Waals surface area contributed by atoms with Crippen molar-refractivity contribution in [3.05, 3.63) is 164 Å². The minimum Gasteiger partial charge on any atom is -0.501 e. The number of aryl methyl sites for hydroxylation is 1. The third kappa shape index (κ3) is 7.55. The molecule has 0 aliphatic heterocycles. The van der Waals surface area contributed by atoms with Crippen LogP contribution in [-0.4, -0.2) is 18.0 Å². The van der Waals surface area contributed by atoms with Crippen LogP contribution in [0.3, 0.4) is 0 Å². The molecule has 49 heavy (non-hydrogen) atoms. The first-order valence-corrected chi connectivity index (χ1v) is 19.5. The van der Waals surface area contributed by atoms with Gasteiger partial charge in [0.1, 0.15) is 5.58 Å². The van der Waals surface area contributed by atoms with E-state index < -0.39 is 14.9 Å². The van der Waals surface area contributed by atoms with E-state index in [1.807, 2.05) is 60.8 Å². The second kappa shape index (κ2) is 14.7. The molecule has 0 aliphatic rings. The van der Waals surface area contributed by atoms with Crippen LogP contribution in [0.1, 0.15) is 9.68 Å². The van der Waals surface area contributed by atoms with Crippen molar-refractivity contribution in [2.75, 3.05) is 0 Å². The number of fused-ring (bicyclic) bond motifs is 3. The summed E-state index contributed by atoms with van der Waals surface area (Å²) in [7, 11) is -1.23. The number of nitrogens with zero attached hydrogens (tertiary/aromatic N) is 2. The van der Waals surface area contributed by atoms with Gasteiger partial charge in [-0.2, -0.15) is 0 Å². The van der Waals surface area contributed by atoms with Crippen molar-refractivity contribution in [3.63, 3.8) is 0 Å². The summed E-state index contributed by atoms with van der Waals surface area (Å²) in [6.07, 6.45) is 3.41. The van der Waals surface area contributed by atoms with E-state index in [1.54, 1.807) is 12.1 Å². The third-order valence-electron chi connectivity index (χ3n) is 8.39. The van der Waals surface area contributed by atoms with Gasteiger partial charge in [-0.25, -0.2) is 0 Å². The molecule has 5 aromatic carbocycles. The van der Waals surface area contributed by atoms with Crippen LogP contribution < -0.4 is 5.19 Å². The van der Waals surface area contributed by atoms with Crippen molar-refractivity contribution in [1.82, 2.24) is 9.97 Å². The predicted molar refractivity (Wildman–Crippen MR) is 203 cm³/mol. The van der Waals surface area contributed by atoms with Gasteiger partial charge in [-0.1, -0.05) is 122 Å². The molecule has 0 fully saturated rings. The zero-order valence-electron chi connectivity index (χ0n) is 30.5. The maximum Gasteiger partial charge on any atom is 0.121 e. The second-order valence-electron chi connectivity index (χ2n) is 12.7. The van der Waals surface area contributed by atoms with Crippen molar-refractivity contribution in [2.45, 2.75) is 26.5 Å². The summed E-state index contributed by atoms with van der Waals surface area (Å²) in [4.78, 5) is 8.90. The van der Waals surface area contributed by atoms with E-state index in [9.17, 15) is 0 Å². The van der Waals surface area contributed by atoms with Gasteiger partial charge in [-0.05, 0) is 57.3 Å². The fourth-order valence-corrected chi connectivity index (χ4v) is 6.72. The summed E-state index contributed by atoms with van der Waals surface area (Å²) >= 11 is 0. The topological polar surface area (TPSA) is 38.9 Å². The molecule has 0 unspecified atom stereocenters. The van der Waals surface area contributed by atoms with Gasteiger partial charge in [-0.15, -0.1) is 54.1 Å². The number of benzene rings is 5. The Morgan fingerprint density at radius 1 is 0.612 bits per heavy atom. The number of furan rings is 1. The van der Waals surface area contributed by atoms with Crippen molar-refractivity contribution in [3.8, 4) is 44.8 Å². The Morgan fingerprint density at radius 2 is 1.31 bits per heavy atom. The summed E-state index contributed by atoms with van der Waals surface area (Å²) in [5.41, 5.74) is 9.63. The average Bonchev–Trinajstić information content (AvgIpc) is 3.54. The molecule has 0 spiro atoms. The minimum absolute atomic E-state index is 0. The van der Waals surface area contributed by atoms with E-state index in [0.717, 1.165) is 38.7 Å². The van der Waals surface area contributed by atoms with Crippen LogP contribution in [0.4, 0.5) is 0 Å². The van der Waals surface area contributed by atoms with Crippen LogP contribution in [0.5, 0.6) is 0 Å². The smallest absolute Gasteiger partial charge is 0.121 e. The summed E-state index contributed by atoms with van der Waals surface area (Å²) < 4.78 is 29.0. The zero-order chi connectivity index (χ0) is 35.6. The Balaban J connectivity index is 0.000000230. The third-order valence-corrected chi connectivity index (χ3v) is 10.4. The SMILES string of the molecule is C[Si](C)(C)c1ccc(-c2[c-]cccc2)nc1.[2H]C([2H])([2H])c1ccc(-c2[c-]ccc3c2oc2cc(-c4ccc(-c5ccccc5)cc4)ccc23)nc1.[Ir]. The van der Waals surface area contributed by atoms with Crippen LogP contribution in [0.25, 0.3) is 66.7 Å². The van der Waals surface area contributed by atoms with E-state index in [0.29, 0.717) is 16.8 Å². The summed E-state index contributed by atoms with van der Waals surface area (Å²) in [6, 6.07) is 50.9. The Kier molecular flexibility index (Phi) is 9.03. The van der Waals surface area contributed by atoms with Crippen molar-refractivity contribution >= 4 is 35.2 Å². The van der Waals surface area contributed by atoms with Gasteiger partial charge in [-0.3, -0.25) is 0 Å². The van der Waals surface area contributed by atoms with Gasteiger partial charge in [0.2, 0.25) is 0 Å². The number of hydrogen-bond acceptors (Lipinski definition) is 3. The molecular weight excluding hydrogens is 793 g/mol. The molecule has 3 heterocycles. The monoisotopic (exact) mass is 832 g/mol. The van der Waals surface area contributed by atoms with E-state index in [4.69, 9.17) is 8.53 Å². The summed E-state index contributed by atoms with van der Waals surface area (Å²) in [5.74, 6) is 0. The Labute approximate surface area is 307 Å². The quantitative estimate of drug-likeness (QED) is 0.128. The predicted octanol–water partition coefficient (Wildman–Crippen LogP) is 11.2. The van der Waals surface area contributed by atoms with Gasteiger partial charge >= 0.3 is 0 Å². The molecule has 5 heteroatoms. The Bertz CT molecular complexity index is 2410. The Morgan fingerprint density at radius 3 is 1.96 bits per heavy atom. The number of aromatic nitrogens is 2. The Hall–Kier alpha value is -4.93. The molecule has 1 radical (unpaired) electrons. The zero-order valence-corrected chi connectivity index (χ0v) is 30.9. The van der Waals surface area contributed by atoms with Crippen molar-refractivity contribution in [1.29, 1.82) is 0 Å². The first kappa shape index (κ1) is 30.1. The molecule has 0 saturated heterocycles. The minimum atomic E-state index is -2.18. The van der Waals surface area contributed by atoms with Gasteiger partial charge in [0.25, 0.3) is 0 Å². The maximum absolute atomic E-state index is 7.57. The van der Waals surface area contributed by atoms with Crippen LogP contribution in [-0.2, 0) is 20.1 Å². The first-order chi connectivity index (χ1) is 24.5. The summed E-state index contributed by atoms with van der Waals surface area (Å²) in [6.45, 7) is 4.81. The normalized spacial score (nSPS) is 12.3. The van der Waals surface area contributed by atoms with Crippen LogP contribution >= 0.6 is 0 Å². The van der Waals surface area contributed by atoms with Crippen LogP contribution in [0, 0.1) is 19.0 Å². The first-order valence-electron chi connectivity index (χ1n) is 17.5. The summed E-state index contributed by atoms with van der Waals surface area (Å²) in [5, 5.41) is 3.38. The molecule has 243 valence electrons. The molecule has 0 N–H and O–H groups in total. The van der Waals surface area contributed by atoms with Crippen molar-refractivity contribution in [2.24, 2.45) is 0 Å². The molecule has 0 bridgehead atoms. The molecule has 3 aromatic heterocycles. The largest absolute Gasteiger partial charge is 0.501 e. The molecule has 0 saturated carbocycles. The molecule has 3 nitrogen and oxygen atoms in total. The van der Waals surface area contributed by atoms with E-state index in [2.05, 4.69) is 108 Å².